The zero-order chi connectivity index (χ0) is 14.8. The predicted molar refractivity (Wildman–Crippen MR) is 68.5 cm³/mol. The van der Waals surface area contributed by atoms with E-state index in [1.165, 1.54) is 12.1 Å². The molecule has 0 aliphatic carbocycles. The molecule has 0 amide bonds. The first-order chi connectivity index (χ1) is 9.47. The number of hydrogen-bond donors (Lipinski definition) is 1. The van der Waals surface area contributed by atoms with Crippen LogP contribution < -0.4 is 0 Å². The molecule has 0 atom stereocenters. The van der Waals surface area contributed by atoms with Gasteiger partial charge in [0.15, 0.2) is 0 Å². The summed E-state index contributed by atoms with van der Waals surface area (Å²) in [4.78, 5) is 0. The van der Waals surface area contributed by atoms with Crippen LogP contribution in [0.5, 0.6) is 0 Å². The molecule has 0 aliphatic rings. The zero-order valence-electron chi connectivity index (χ0n) is 11.0. The van der Waals surface area contributed by atoms with Gasteiger partial charge in [-0.25, -0.2) is 4.68 Å². The van der Waals surface area contributed by atoms with Gasteiger partial charge < -0.3 is 5.11 Å². The van der Waals surface area contributed by atoms with Gasteiger partial charge in [0.05, 0.1) is 24.1 Å². The Morgan fingerprint density at radius 3 is 2.35 bits per heavy atom. The molecule has 2 aromatic rings. The van der Waals surface area contributed by atoms with E-state index >= 15 is 0 Å². The van der Waals surface area contributed by atoms with Crippen molar-refractivity contribution in [2.24, 2.45) is 0 Å². The second-order valence-electron chi connectivity index (χ2n) is 4.48. The normalized spacial score (nSPS) is 11.8. The smallest absolute Gasteiger partial charge is 0.392 e. The predicted octanol–water partition coefficient (Wildman–Crippen LogP) is 3.34. The van der Waals surface area contributed by atoms with Crippen LogP contribution in [0.2, 0.25) is 0 Å². The van der Waals surface area contributed by atoms with Crippen molar-refractivity contribution < 1.29 is 18.3 Å². The number of benzene rings is 1. The summed E-state index contributed by atoms with van der Waals surface area (Å²) >= 11 is 0. The van der Waals surface area contributed by atoms with Gasteiger partial charge >= 0.3 is 6.18 Å². The van der Waals surface area contributed by atoms with Crippen molar-refractivity contribution in [1.82, 2.24) is 9.78 Å². The second-order valence-corrected chi connectivity index (χ2v) is 4.48. The number of alkyl halides is 3. The first kappa shape index (κ1) is 14.6. The summed E-state index contributed by atoms with van der Waals surface area (Å²) in [5.41, 5.74) is 1.40. The molecule has 0 saturated carbocycles. The lowest BCUT2D eigenvalue weighted by atomic mass is 10.1. The highest BCUT2D eigenvalue weighted by atomic mass is 19.4. The summed E-state index contributed by atoms with van der Waals surface area (Å²) in [7, 11) is 0. The molecular weight excluding hydrogens is 269 g/mol. The Morgan fingerprint density at radius 2 is 1.85 bits per heavy atom. The highest BCUT2D eigenvalue weighted by Gasteiger charge is 2.30. The van der Waals surface area contributed by atoms with Crippen molar-refractivity contribution in [2.75, 3.05) is 0 Å². The maximum Gasteiger partial charge on any atom is 0.416 e. The molecule has 1 aromatic carbocycles. The summed E-state index contributed by atoms with van der Waals surface area (Å²) in [6.45, 7) is 1.86. The van der Waals surface area contributed by atoms with Gasteiger partial charge in [0.25, 0.3) is 0 Å². The minimum absolute atomic E-state index is 0.129. The third-order valence-electron chi connectivity index (χ3n) is 3.05. The summed E-state index contributed by atoms with van der Waals surface area (Å²) in [6, 6.07) is 4.84. The van der Waals surface area contributed by atoms with E-state index in [1.54, 1.807) is 10.9 Å². The summed E-state index contributed by atoms with van der Waals surface area (Å²) < 4.78 is 39.2. The van der Waals surface area contributed by atoms with Crippen LogP contribution in [-0.4, -0.2) is 14.9 Å². The molecular formula is C14H15F3N2O. The van der Waals surface area contributed by atoms with Crippen LogP contribution in [0.1, 0.15) is 30.2 Å². The van der Waals surface area contributed by atoms with Crippen molar-refractivity contribution in [1.29, 1.82) is 0 Å². The molecule has 1 heterocycles. The Bertz CT molecular complexity index is 573. The number of halogens is 3. The Balaban J connectivity index is 2.39. The van der Waals surface area contributed by atoms with Crippen LogP contribution in [0.4, 0.5) is 13.2 Å². The quantitative estimate of drug-likeness (QED) is 0.935. The minimum atomic E-state index is -4.34. The van der Waals surface area contributed by atoms with E-state index < -0.39 is 11.7 Å². The van der Waals surface area contributed by atoms with Crippen LogP contribution in [0.3, 0.4) is 0 Å². The van der Waals surface area contributed by atoms with E-state index in [4.69, 9.17) is 0 Å². The van der Waals surface area contributed by atoms with E-state index in [9.17, 15) is 18.3 Å². The van der Waals surface area contributed by atoms with E-state index in [2.05, 4.69) is 5.10 Å². The molecule has 1 aromatic heterocycles. The second kappa shape index (κ2) is 5.66. The number of aliphatic hydroxyl groups is 1. The monoisotopic (exact) mass is 284 g/mol. The van der Waals surface area contributed by atoms with Gasteiger partial charge in [-0.3, -0.25) is 0 Å². The van der Waals surface area contributed by atoms with Crippen LogP contribution >= 0.6 is 0 Å². The Morgan fingerprint density at radius 1 is 1.20 bits per heavy atom. The third-order valence-corrected chi connectivity index (χ3v) is 3.05. The lowest BCUT2D eigenvalue weighted by Crippen LogP contribution is -2.07. The van der Waals surface area contributed by atoms with Gasteiger partial charge in [-0.2, -0.15) is 18.3 Å². The fourth-order valence-corrected chi connectivity index (χ4v) is 2.06. The average Bonchev–Trinajstić information content (AvgIpc) is 2.81. The lowest BCUT2D eigenvalue weighted by molar-refractivity contribution is -0.137. The molecule has 108 valence electrons. The highest BCUT2D eigenvalue weighted by Crippen LogP contribution is 2.29. The topological polar surface area (TPSA) is 38.1 Å². The molecule has 20 heavy (non-hydrogen) atoms. The fourth-order valence-electron chi connectivity index (χ4n) is 2.06. The maximum absolute atomic E-state index is 12.5. The van der Waals surface area contributed by atoms with E-state index in [1.807, 2.05) is 6.92 Å². The van der Waals surface area contributed by atoms with Gasteiger partial charge in [-0.15, -0.1) is 0 Å². The van der Waals surface area contributed by atoms with Gasteiger partial charge in [-0.05, 0) is 30.7 Å². The van der Waals surface area contributed by atoms with Gasteiger partial charge in [-0.1, -0.05) is 13.3 Å². The molecule has 0 fully saturated rings. The van der Waals surface area contributed by atoms with Gasteiger partial charge in [0.1, 0.15) is 0 Å². The molecule has 0 unspecified atom stereocenters. The largest absolute Gasteiger partial charge is 0.416 e. The average molecular weight is 284 g/mol. The van der Waals surface area contributed by atoms with Crippen LogP contribution in [0.15, 0.2) is 30.5 Å². The van der Waals surface area contributed by atoms with Crippen molar-refractivity contribution in [3.63, 3.8) is 0 Å². The molecule has 0 radical (unpaired) electrons. The van der Waals surface area contributed by atoms with Gasteiger partial charge in [0, 0.05) is 11.3 Å². The SMILES string of the molecule is CCCc1c(CO)cnn1-c1ccc(C(F)(F)F)cc1. The van der Waals surface area contributed by atoms with E-state index in [0.717, 1.165) is 24.2 Å². The maximum atomic E-state index is 12.5. The number of hydrogen-bond acceptors (Lipinski definition) is 2. The van der Waals surface area contributed by atoms with Crippen molar-refractivity contribution >= 4 is 0 Å². The number of nitrogens with zero attached hydrogens (tertiary/aromatic N) is 2. The summed E-state index contributed by atoms with van der Waals surface area (Å²) in [6.07, 6.45) is -1.23. The molecule has 1 N–H and O–H groups in total. The molecule has 0 spiro atoms. The first-order valence-corrected chi connectivity index (χ1v) is 6.31. The van der Waals surface area contributed by atoms with E-state index in [0.29, 0.717) is 17.7 Å². The molecule has 6 heteroatoms. The van der Waals surface area contributed by atoms with Crippen LogP contribution in [-0.2, 0) is 19.2 Å². The number of rotatable bonds is 4. The summed E-state index contributed by atoms with van der Waals surface area (Å²) in [5, 5.41) is 13.4. The number of aromatic nitrogens is 2. The molecule has 0 aliphatic heterocycles. The number of aliphatic hydroxyl groups excluding tert-OH is 1. The summed E-state index contributed by atoms with van der Waals surface area (Å²) in [5.74, 6) is 0. The highest BCUT2D eigenvalue weighted by molar-refractivity contribution is 5.38. The van der Waals surface area contributed by atoms with E-state index in [-0.39, 0.29) is 6.61 Å². The molecule has 3 nitrogen and oxygen atoms in total. The van der Waals surface area contributed by atoms with Gasteiger partial charge in [0.2, 0.25) is 0 Å². The Labute approximate surface area is 114 Å². The van der Waals surface area contributed by atoms with Crippen LogP contribution in [0.25, 0.3) is 5.69 Å². The fraction of sp³-hybridized carbons (Fsp3) is 0.357. The van der Waals surface area contributed by atoms with Crippen LogP contribution in [0, 0.1) is 0 Å². The third kappa shape index (κ3) is 2.85. The van der Waals surface area contributed by atoms with Crippen molar-refractivity contribution in [3.05, 3.63) is 47.3 Å². The molecule has 2 rings (SSSR count). The Kier molecular flexibility index (Phi) is 4.13. The minimum Gasteiger partial charge on any atom is -0.392 e. The Hall–Kier alpha value is -1.82. The lowest BCUT2D eigenvalue weighted by Gasteiger charge is -2.10. The zero-order valence-corrected chi connectivity index (χ0v) is 11.0. The molecule has 0 bridgehead atoms. The standard InChI is InChI=1S/C14H15F3N2O/c1-2-3-13-10(9-20)8-18-19(13)12-6-4-11(5-7-12)14(15,16)17/h4-8,20H,2-3,9H2,1H3. The first-order valence-electron chi connectivity index (χ1n) is 6.31. The molecule has 0 saturated heterocycles. The van der Waals surface area contributed by atoms with Crippen molar-refractivity contribution in [2.45, 2.75) is 32.5 Å². The van der Waals surface area contributed by atoms with Crippen molar-refractivity contribution in [3.8, 4) is 5.69 Å².